The predicted molar refractivity (Wildman–Crippen MR) is 71.7 cm³/mol. The number of hydrogen-bond donors (Lipinski definition) is 1. The molecule has 6 nitrogen and oxygen atoms in total. The third-order valence-electron chi connectivity index (χ3n) is 2.75. The highest BCUT2D eigenvalue weighted by Gasteiger charge is 2.14. The number of aromatic nitrogens is 6. The van der Waals surface area contributed by atoms with E-state index in [1.807, 2.05) is 36.4 Å². The molecule has 0 fully saturated rings. The van der Waals surface area contributed by atoms with Gasteiger partial charge in [0, 0.05) is 11.8 Å². The van der Waals surface area contributed by atoms with Gasteiger partial charge in [0.25, 0.3) is 0 Å². The number of fused-ring (bicyclic) bond motifs is 1. The van der Waals surface area contributed by atoms with Crippen molar-refractivity contribution in [3.05, 3.63) is 42.6 Å². The molecule has 3 heterocycles. The van der Waals surface area contributed by atoms with Crippen molar-refractivity contribution >= 4 is 16.3 Å². The zero-order chi connectivity index (χ0) is 12.7. The predicted octanol–water partition coefficient (Wildman–Crippen LogP) is 2.24. The Hall–Kier alpha value is -2.54. The molecule has 0 unspecified atom stereocenters. The smallest absolute Gasteiger partial charge is 0.235 e. The Morgan fingerprint density at radius 1 is 1.05 bits per heavy atom. The minimum absolute atomic E-state index is 0.748. The van der Waals surface area contributed by atoms with Gasteiger partial charge in [-0.2, -0.15) is 14.7 Å². The summed E-state index contributed by atoms with van der Waals surface area (Å²) in [6, 6.07) is 11.8. The third-order valence-corrected chi connectivity index (χ3v) is 3.69. The normalized spacial score (nSPS) is 11.2. The van der Waals surface area contributed by atoms with Gasteiger partial charge in [0.2, 0.25) is 4.96 Å². The van der Waals surface area contributed by atoms with E-state index in [4.69, 9.17) is 0 Å². The first-order chi connectivity index (χ1) is 9.42. The summed E-state index contributed by atoms with van der Waals surface area (Å²) in [6.45, 7) is 0. The maximum atomic E-state index is 4.53. The van der Waals surface area contributed by atoms with Crippen molar-refractivity contribution < 1.29 is 0 Å². The van der Waals surface area contributed by atoms with Gasteiger partial charge >= 0.3 is 0 Å². The molecule has 0 amide bonds. The zero-order valence-corrected chi connectivity index (χ0v) is 10.5. The molecule has 1 aromatic carbocycles. The molecule has 0 saturated heterocycles. The maximum Gasteiger partial charge on any atom is 0.235 e. The lowest BCUT2D eigenvalue weighted by Gasteiger charge is -1.95. The van der Waals surface area contributed by atoms with E-state index in [0.717, 1.165) is 27.1 Å². The van der Waals surface area contributed by atoms with E-state index in [9.17, 15) is 0 Å². The van der Waals surface area contributed by atoms with Gasteiger partial charge in [-0.1, -0.05) is 41.7 Å². The zero-order valence-electron chi connectivity index (χ0n) is 9.69. The van der Waals surface area contributed by atoms with Crippen LogP contribution in [0.3, 0.4) is 0 Å². The lowest BCUT2D eigenvalue weighted by molar-refractivity contribution is 0.964. The fraction of sp³-hybridized carbons (Fsp3) is 0. The topological polar surface area (TPSA) is 71.8 Å². The van der Waals surface area contributed by atoms with E-state index in [-0.39, 0.29) is 0 Å². The summed E-state index contributed by atoms with van der Waals surface area (Å²) in [5, 5.41) is 20.6. The van der Waals surface area contributed by atoms with Crippen LogP contribution in [0, 0.1) is 0 Å². The number of rotatable bonds is 2. The van der Waals surface area contributed by atoms with Crippen LogP contribution in [0.15, 0.2) is 42.6 Å². The monoisotopic (exact) mass is 268 g/mol. The second-order valence-corrected chi connectivity index (χ2v) is 4.92. The minimum atomic E-state index is 0.748. The number of benzene rings is 1. The summed E-state index contributed by atoms with van der Waals surface area (Å²) in [7, 11) is 0. The molecule has 0 aliphatic heterocycles. The third kappa shape index (κ3) is 1.63. The molecule has 0 aliphatic carbocycles. The average molecular weight is 268 g/mol. The Bertz CT molecular complexity index is 815. The molecular weight excluding hydrogens is 260 g/mol. The molecule has 7 heteroatoms. The van der Waals surface area contributed by atoms with Crippen LogP contribution >= 0.6 is 11.3 Å². The molecule has 0 aliphatic rings. The molecule has 4 aromatic rings. The van der Waals surface area contributed by atoms with Gasteiger partial charge in [0.1, 0.15) is 0 Å². The number of nitrogens with one attached hydrogen (secondary N) is 1. The van der Waals surface area contributed by atoms with Crippen molar-refractivity contribution in [2.75, 3.05) is 0 Å². The van der Waals surface area contributed by atoms with Gasteiger partial charge in [-0.05, 0) is 6.07 Å². The van der Waals surface area contributed by atoms with E-state index in [1.54, 1.807) is 10.7 Å². The fourth-order valence-electron chi connectivity index (χ4n) is 1.87. The van der Waals surface area contributed by atoms with E-state index >= 15 is 0 Å². The molecule has 0 saturated carbocycles. The van der Waals surface area contributed by atoms with Crippen LogP contribution < -0.4 is 0 Å². The first-order valence-corrected chi connectivity index (χ1v) is 6.51. The minimum Gasteiger partial charge on any atom is -0.275 e. The lowest BCUT2D eigenvalue weighted by atomic mass is 10.2. The Kier molecular flexibility index (Phi) is 2.18. The van der Waals surface area contributed by atoms with Crippen LogP contribution in [0.25, 0.3) is 27.1 Å². The Morgan fingerprint density at radius 3 is 2.74 bits per heavy atom. The van der Waals surface area contributed by atoms with Crippen molar-refractivity contribution in [3.63, 3.8) is 0 Å². The van der Waals surface area contributed by atoms with Crippen LogP contribution in [0.4, 0.5) is 0 Å². The molecule has 4 rings (SSSR count). The Balaban J connectivity index is 1.90. The van der Waals surface area contributed by atoms with Crippen LogP contribution in [0.2, 0.25) is 0 Å². The summed E-state index contributed by atoms with van der Waals surface area (Å²) < 4.78 is 1.76. The highest BCUT2D eigenvalue weighted by molar-refractivity contribution is 7.19. The molecule has 0 atom stereocenters. The number of aromatic amines is 1. The molecule has 0 spiro atoms. The van der Waals surface area contributed by atoms with Crippen molar-refractivity contribution in [2.45, 2.75) is 0 Å². The van der Waals surface area contributed by atoms with E-state index < -0.39 is 0 Å². The van der Waals surface area contributed by atoms with E-state index in [1.165, 1.54) is 11.3 Å². The quantitative estimate of drug-likeness (QED) is 0.605. The highest BCUT2D eigenvalue weighted by atomic mass is 32.1. The fourth-order valence-corrected chi connectivity index (χ4v) is 2.68. The Labute approximate surface area is 111 Å². The van der Waals surface area contributed by atoms with Crippen LogP contribution in [-0.4, -0.2) is 30.0 Å². The number of hydrogen-bond acceptors (Lipinski definition) is 5. The summed E-state index contributed by atoms with van der Waals surface area (Å²) >= 11 is 1.48. The molecule has 92 valence electrons. The van der Waals surface area contributed by atoms with Gasteiger partial charge in [-0.3, -0.25) is 5.10 Å². The van der Waals surface area contributed by atoms with Crippen molar-refractivity contribution in [3.8, 4) is 22.1 Å². The van der Waals surface area contributed by atoms with E-state index in [2.05, 4.69) is 25.5 Å². The van der Waals surface area contributed by atoms with Crippen molar-refractivity contribution in [2.24, 2.45) is 0 Å². The summed E-state index contributed by atoms with van der Waals surface area (Å²) in [5.41, 5.74) is 1.88. The number of H-pyrrole nitrogens is 1. The molecular formula is C12H8N6S. The van der Waals surface area contributed by atoms with Crippen LogP contribution in [0.5, 0.6) is 0 Å². The lowest BCUT2D eigenvalue weighted by Crippen LogP contribution is -1.90. The first kappa shape index (κ1) is 10.4. The second-order valence-electron chi connectivity index (χ2n) is 3.96. The summed E-state index contributed by atoms with van der Waals surface area (Å²) in [6.07, 6.45) is 1.70. The standard InChI is InChI=1S/C12H8N6S/c1-2-4-8(5-3-1)10-15-16-12-18(10)17-11(19-12)9-6-7-13-14-9/h1-7H,(H,13,14). The molecule has 19 heavy (non-hydrogen) atoms. The summed E-state index contributed by atoms with van der Waals surface area (Å²) in [5.74, 6) is 0.748. The molecule has 0 radical (unpaired) electrons. The average Bonchev–Trinajstić information content (AvgIpc) is 3.15. The molecule has 0 bridgehead atoms. The van der Waals surface area contributed by atoms with Gasteiger partial charge in [-0.15, -0.1) is 10.2 Å². The number of nitrogens with zero attached hydrogens (tertiary/aromatic N) is 5. The summed E-state index contributed by atoms with van der Waals surface area (Å²) in [4.78, 5) is 0.767. The van der Waals surface area contributed by atoms with Gasteiger partial charge in [-0.25, -0.2) is 0 Å². The molecule has 1 N–H and O–H groups in total. The van der Waals surface area contributed by atoms with Crippen molar-refractivity contribution in [1.29, 1.82) is 0 Å². The molecule has 3 aromatic heterocycles. The van der Waals surface area contributed by atoms with E-state index in [0.29, 0.717) is 0 Å². The largest absolute Gasteiger partial charge is 0.275 e. The van der Waals surface area contributed by atoms with Gasteiger partial charge in [0.15, 0.2) is 10.8 Å². The highest BCUT2D eigenvalue weighted by Crippen LogP contribution is 2.26. The van der Waals surface area contributed by atoms with Crippen molar-refractivity contribution in [1.82, 2.24) is 30.0 Å². The SMILES string of the molecule is c1ccc(-c2nnc3sc(-c4ccn[nH]4)nn23)cc1. The first-order valence-electron chi connectivity index (χ1n) is 5.69. The van der Waals surface area contributed by atoms with Gasteiger partial charge < -0.3 is 0 Å². The Morgan fingerprint density at radius 2 is 1.95 bits per heavy atom. The second kappa shape index (κ2) is 3.99. The van der Waals surface area contributed by atoms with Crippen LogP contribution in [-0.2, 0) is 0 Å². The maximum absolute atomic E-state index is 4.53. The van der Waals surface area contributed by atoms with Crippen LogP contribution in [0.1, 0.15) is 0 Å². The van der Waals surface area contributed by atoms with Gasteiger partial charge in [0.05, 0.1) is 5.69 Å².